The highest BCUT2D eigenvalue weighted by Crippen LogP contribution is 2.34. The van der Waals surface area contributed by atoms with Crippen LogP contribution >= 0.6 is 0 Å². The molecule has 0 bridgehead atoms. The van der Waals surface area contributed by atoms with Crippen LogP contribution in [0.3, 0.4) is 0 Å². The van der Waals surface area contributed by atoms with Gasteiger partial charge in [-0.2, -0.15) is 0 Å². The first-order valence-electron chi connectivity index (χ1n) is 8.56. The molecule has 25 heavy (non-hydrogen) atoms. The predicted molar refractivity (Wildman–Crippen MR) is 98.6 cm³/mol. The first-order valence-corrected chi connectivity index (χ1v) is 8.56. The second-order valence-electron chi connectivity index (χ2n) is 6.38. The third-order valence-corrected chi connectivity index (χ3v) is 4.12. The second kappa shape index (κ2) is 7.88. The van der Waals surface area contributed by atoms with E-state index in [1.54, 1.807) is 6.08 Å². The lowest BCUT2D eigenvalue weighted by Crippen LogP contribution is -2.30. The van der Waals surface area contributed by atoms with Gasteiger partial charge in [-0.1, -0.05) is 50.2 Å². The van der Waals surface area contributed by atoms with Crippen molar-refractivity contribution in [1.29, 1.82) is 0 Å². The van der Waals surface area contributed by atoms with Crippen molar-refractivity contribution in [3.63, 3.8) is 0 Å². The molecule has 0 spiro atoms. The molecule has 1 N–H and O–H groups in total. The van der Waals surface area contributed by atoms with Gasteiger partial charge in [-0.15, -0.1) is 0 Å². The van der Waals surface area contributed by atoms with Crippen molar-refractivity contribution in [3.8, 4) is 11.5 Å². The molecule has 0 aliphatic carbocycles. The van der Waals surface area contributed by atoms with Crippen LogP contribution in [0.2, 0.25) is 0 Å². The topological polar surface area (TPSA) is 47.6 Å². The summed E-state index contributed by atoms with van der Waals surface area (Å²) < 4.78 is 11.2. The van der Waals surface area contributed by atoms with Crippen LogP contribution in [0.25, 0.3) is 6.08 Å². The summed E-state index contributed by atoms with van der Waals surface area (Å²) in [5.41, 5.74) is 2.01. The molecule has 2 aromatic carbocycles. The van der Waals surface area contributed by atoms with Gasteiger partial charge in [-0.05, 0) is 35.3 Å². The average Bonchev–Trinajstić information content (AvgIpc) is 2.64. The second-order valence-corrected chi connectivity index (χ2v) is 6.38. The molecule has 0 saturated heterocycles. The molecule has 1 amide bonds. The van der Waals surface area contributed by atoms with Gasteiger partial charge in [-0.3, -0.25) is 4.79 Å². The third kappa shape index (κ3) is 4.41. The lowest BCUT2D eigenvalue weighted by Gasteiger charge is -2.25. The number of ether oxygens (including phenoxy) is 2. The minimum Gasteiger partial charge on any atom is -0.486 e. The quantitative estimate of drug-likeness (QED) is 0.840. The third-order valence-electron chi connectivity index (χ3n) is 4.12. The molecule has 0 fully saturated rings. The molecule has 1 aliphatic heterocycles. The Labute approximate surface area is 148 Å². The van der Waals surface area contributed by atoms with E-state index in [-0.39, 0.29) is 17.9 Å². The Balaban J connectivity index is 1.73. The van der Waals surface area contributed by atoms with Gasteiger partial charge in [0.05, 0.1) is 6.04 Å². The van der Waals surface area contributed by atoms with Gasteiger partial charge in [0.2, 0.25) is 5.91 Å². The Kier molecular flexibility index (Phi) is 5.39. The molecule has 0 saturated carbocycles. The highest BCUT2D eigenvalue weighted by molar-refractivity contribution is 5.92. The summed E-state index contributed by atoms with van der Waals surface area (Å²) >= 11 is 0. The van der Waals surface area contributed by atoms with Gasteiger partial charge < -0.3 is 14.8 Å². The van der Waals surface area contributed by atoms with Gasteiger partial charge in [0.1, 0.15) is 13.2 Å². The molecule has 4 nitrogen and oxygen atoms in total. The maximum Gasteiger partial charge on any atom is 0.244 e. The van der Waals surface area contributed by atoms with Crippen LogP contribution in [-0.4, -0.2) is 19.1 Å². The van der Waals surface area contributed by atoms with E-state index in [4.69, 9.17) is 9.47 Å². The summed E-state index contributed by atoms with van der Waals surface area (Å²) in [5, 5.41) is 3.09. The van der Waals surface area contributed by atoms with Crippen LogP contribution in [0, 0.1) is 5.92 Å². The van der Waals surface area contributed by atoms with Crippen molar-refractivity contribution >= 4 is 12.0 Å². The number of amides is 1. The monoisotopic (exact) mass is 337 g/mol. The van der Waals surface area contributed by atoms with Crippen LogP contribution in [0.5, 0.6) is 11.5 Å². The Morgan fingerprint density at radius 3 is 2.48 bits per heavy atom. The summed E-state index contributed by atoms with van der Waals surface area (Å²) in [6.45, 7) is 5.29. The van der Waals surface area contributed by atoms with Gasteiger partial charge in [0.25, 0.3) is 0 Å². The zero-order valence-electron chi connectivity index (χ0n) is 14.6. The first-order chi connectivity index (χ1) is 12.1. The predicted octanol–water partition coefficient (Wildman–Crippen LogP) is 3.98. The van der Waals surface area contributed by atoms with Crippen molar-refractivity contribution < 1.29 is 14.3 Å². The van der Waals surface area contributed by atoms with Crippen LogP contribution in [0.4, 0.5) is 0 Å². The highest BCUT2D eigenvalue weighted by Gasteiger charge is 2.20. The molecular weight excluding hydrogens is 314 g/mol. The Morgan fingerprint density at radius 2 is 1.76 bits per heavy atom. The molecule has 4 heteroatoms. The fourth-order valence-corrected chi connectivity index (χ4v) is 2.83. The van der Waals surface area contributed by atoms with Crippen molar-refractivity contribution in [2.45, 2.75) is 19.9 Å². The zero-order valence-corrected chi connectivity index (χ0v) is 14.6. The van der Waals surface area contributed by atoms with Crippen LogP contribution in [0.1, 0.15) is 31.0 Å². The molecule has 3 rings (SSSR count). The molecule has 130 valence electrons. The maximum atomic E-state index is 12.3. The average molecular weight is 337 g/mol. The first kappa shape index (κ1) is 17.1. The van der Waals surface area contributed by atoms with Gasteiger partial charge in [0.15, 0.2) is 11.5 Å². The van der Waals surface area contributed by atoms with Crippen LogP contribution in [-0.2, 0) is 4.79 Å². The molecule has 1 atom stereocenters. The number of fused-ring (bicyclic) bond motifs is 1. The molecule has 1 heterocycles. The normalized spacial score (nSPS) is 14.5. The van der Waals surface area contributed by atoms with Gasteiger partial charge >= 0.3 is 0 Å². The smallest absolute Gasteiger partial charge is 0.244 e. The van der Waals surface area contributed by atoms with E-state index < -0.39 is 0 Å². The van der Waals surface area contributed by atoms with Crippen molar-refractivity contribution in [2.75, 3.05) is 13.2 Å². The molecule has 0 radical (unpaired) electrons. The van der Waals surface area contributed by atoms with E-state index in [1.165, 1.54) is 0 Å². The summed E-state index contributed by atoms with van der Waals surface area (Å²) in [7, 11) is 0. The lowest BCUT2D eigenvalue weighted by molar-refractivity contribution is -0.117. The number of benzene rings is 2. The van der Waals surface area contributed by atoms with Gasteiger partial charge in [-0.25, -0.2) is 0 Å². The minimum absolute atomic E-state index is 0.0938. The molecule has 0 aromatic heterocycles. The molecule has 0 unspecified atom stereocenters. The van der Waals surface area contributed by atoms with E-state index in [0.717, 1.165) is 22.6 Å². The zero-order chi connectivity index (χ0) is 17.6. The Bertz CT molecular complexity index is 753. The van der Waals surface area contributed by atoms with Crippen molar-refractivity contribution in [2.24, 2.45) is 5.92 Å². The van der Waals surface area contributed by atoms with E-state index in [1.807, 2.05) is 54.6 Å². The lowest BCUT2D eigenvalue weighted by atomic mass is 9.95. The number of carbonyl (C=O) groups excluding carboxylic acids is 1. The SMILES string of the molecule is CC(C)[C@@H](NC(=O)/C=C/c1ccccc1)c1ccc2c(c1)OCCO2. The van der Waals surface area contributed by atoms with E-state index in [9.17, 15) is 4.79 Å². The number of nitrogens with one attached hydrogen (secondary N) is 1. The number of carbonyl (C=O) groups is 1. The Morgan fingerprint density at radius 1 is 1.04 bits per heavy atom. The van der Waals surface area contributed by atoms with E-state index >= 15 is 0 Å². The molecule has 1 aliphatic rings. The van der Waals surface area contributed by atoms with E-state index in [0.29, 0.717) is 13.2 Å². The molecular formula is C21H23NO3. The highest BCUT2D eigenvalue weighted by atomic mass is 16.6. The standard InChI is InChI=1S/C21H23NO3/c1-15(2)21(17-9-10-18-19(14-17)25-13-12-24-18)22-20(23)11-8-16-6-4-3-5-7-16/h3-11,14-15,21H,12-13H2,1-2H3,(H,22,23)/b11-8+/t21-/m1/s1. The fourth-order valence-electron chi connectivity index (χ4n) is 2.83. The number of rotatable bonds is 5. The minimum atomic E-state index is -0.113. The fraction of sp³-hybridized carbons (Fsp3) is 0.286. The summed E-state index contributed by atoms with van der Waals surface area (Å²) in [4.78, 5) is 12.3. The van der Waals surface area contributed by atoms with Crippen LogP contribution < -0.4 is 14.8 Å². The van der Waals surface area contributed by atoms with Crippen molar-refractivity contribution in [3.05, 3.63) is 65.7 Å². The number of hydrogen-bond acceptors (Lipinski definition) is 3. The van der Waals surface area contributed by atoms with Crippen molar-refractivity contribution in [1.82, 2.24) is 5.32 Å². The van der Waals surface area contributed by atoms with E-state index in [2.05, 4.69) is 19.2 Å². The summed E-state index contributed by atoms with van der Waals surface area (Å²) in [6, 6.07) is 15.5. The summed E-state index contributed by atoms with van der Waals surface area (Å²) in [5.74, 6) is 1.63. The Hall–Kier alpha value is -2.75. The maximum absolute atomic E-state index is 12.3. The van der Waals surface area contributed by atoms with Crippen LogP contribution in [0.15, 0.2) is 54.6 Å². The van der Waals surface area contributed by atoms with Gasteiger partial charge in [0, 0.05) is 6.08 Å². The number of hydrogen-bond donors (Lipinski definition) is 1. The molecule has 2 aromatic rings. The summed E-state index contributed by atoms with van der Waals surface area (Å²) in [6.07, 6.45) is 3.39. The largest absolute Gasteiger partial charge is 0.486 e.